The molecule has 0 aliphatic carbocycles. The average molecular weight is 423 g/mol. The minimum Gasteiger partial charge on any atom is -0.389 e. The van der Waals surface area contributed by atoms with Crippen LogP contribution < -0.4 is 10.3 Å². The Morgan fingerprint density at radius 3 is 2.45 bits per heavy atom. The van der Waals surface area contributed by atoms with Crippen molar-refractivity contribution in [3.63, 3.8) is 0 Å². The monoisotopic (exact) mass is 423 g/mol. The van der Waals surface area contributed by atoms with E-state index in [1.807, 2.05) is 44.2 Å². The van der Waals surface area contributed by atoms with Crippen LogP contribution in [0.15, 0.2) is 59.5 Å². The number of nitro benzene ring substituents is 1. The van der Waals surface area contributed by atoms with Crippen LogP contribution in [0.2, 0.25) is 0 Å². The highest BCUT2D eigenvalue weighted by molar-refractivity contribution is 7.89. The smallest absolute Gasteiger partial charge is 0.270 e. The van der Waals surface area contributed by atoms with Gasteiger partial charge in [-0.15, -0.1) is 4.83 Å². The molecule has 158 valence electrons. The fourth-order valence-corrected chi connectivity index (χ4v) is 3.49. The first-order valence-corrected chi connectivity index (χ1v) is 10.5. The highest BCUT2D eigenvalue weighted by Crippen LogP contribution is 2.17. The number of nitro groups is 1. The number of benzene rings is 2. The van der Waals surface area contributed by atoms with Crippen LogP contribution in [0.3, 0.4) is 0 Å². The van der Waals surface area contributed by atoms with E-state index in [1.165, 1.54) is 18.2 Å². The van der Waals surface area contributed by atoms with Crippen LogP contribution in [-0.4, -0.2) is 43.3 Å². The summed E-state index contributed by atoms with van der Waals surface area (Å²) in [6.45, 7) is 3.68. The number of aliphatic hydroxyl groups is 1. The van der Waals surface area contributed by atoms with Crippen LogP contribution in [0.25, 0.3) is 0 Å². The SMILES string of the molecule is CC(C)OC[C@H](O)[C@H](Cc1ccccc1)NNS(=O)(=O)c1cccc([N+](=O)[O-])c1. The molecule has 0 radical (unpaired) electrons. The molecule has 9 nitrogen and oxygen atoms in total. The van der Waals surface area contributed by atoms with E-state index < -0.39 is 27.1 Å². The summed E-state index contributed by atoms with van der Waals surface area (Å²) in [5.74, 6) is 0. The predicted molar refractivity (Wildman–Crippen MR) is 108 cm³/mol. The topological polar surface area (TPSA) is 131 Å². The molecule has 0 aliphatic heterocycles. The number of aliphatic hydroxyl groups excluding tert-OH is 1. The Morgan fingerprint density at radius 2 is 1.83 bits per heavy atom. The quantitative estimate of drug-likeness (QED) is 0.371. The maximum absolute atomic E-state index is 12.5. The minimum atomic E-state index is -4.09. The molecule has 0 aliphatic rings. The van der Waals surface area contributed by atoms with E-state index >= 15 is 0 Å². The third-order valence-corrected chi connectivity index (χ3v) is 5.34. The van der Waals surface area contributed by atoms with Gasteiger partial charge < -0.3 is 9.84 Å². The van der Waals surface area contributed by atoms with Gasteiger partial charge in [0, 0.05) is 12.1 Å². The fraction of sp³-hybridized carbons (Fsp3) is 0.368. The zero-order valence-electron chi connectivity index (χ0n) is 16.2. The lowest BCUT2D eigenvalue weighted by Gasteiger charge is -2.25. The van der Waals surface area contributed by atoms with E-state index in [9.17, 15) is 23.6 Å². The van der Waals surface area contributed by atoms with Crippen LogP contribution >= 0.6 is 0 Å². The van der Waals surface area contributed by atoms with Crippen LogP contribution in [0, 0.1) is 10.1 Å². The number of hydrogen-bond donors (Lipinski definition) is 3. The normalized spacial score (nSPS) is 13.9. The Balaban J connectivity index is 2.14. The second kappa shape index (κ2) is 10.4. The molecule has 0 saturated heterocycles. The average Bonchev–Trinajstić information content (AvgIpc) is 2.70. The number of nitrogens with zero attached hydrogens (tertiary/aromatic N) is 1. The number of hydrazine groups is 1. The van der Waals surface area contributed by atoms with Gasteiger partial charge in [-0.2, -0.15) is 0 Å². The molecule has 29 heavy (non-hydrogen) atoms. The van der Waals surface area contributed by atoms with Gasteiger partial charge in [-0.05, 0) is 31.9 Å². The molecule has 0 amide bonds. The summed E-state index contributed by atoms with van der Waals surface area (Å²) < 4.78 is 30.5. The molecule has 0 aromatic heterocycles. The van der Waals surface area contributed by atoms with Gasteiger partial charge in [0.25, 0.3) is 15.7 Å². The van der Waals surface area contributed by atoms with Crippen molar-refractivity contribution in [1.82, 2.24) is 10.3 Å². The number of ether oxygens (including phenoxy) is 1. The van der Waals surface area contributed by atoms with E-state index in [0.717, 1.165) is 11.6 Å². The molecular weight excluding hydrogens is 398 g/mol. The number of nitrogens with one attached hydrogen (secondary N) is 2. The van der Waals surface area contributed by atoms with Crippen LogP contribution in [0.5, 0.6) is 0 Å². The molecule has 2 aromatic rings. The lowest BCUT2D eigenvalue weighted by atomic mass is 10.0. The summed E-state index contributed by atoms with van der Waals surface area (Å²) >= 11 is 0. The van der Waals surface area contributed by atoms with E-state index in [4.69, 9.17) is 4.74 Å². The Kier molecular flexibility index (Phi) is 8.23. The summed E-state index contributed by atoms with van der Waals surface area (Å²) in [7, 11) is -4.09. The molecule has 3 N–H and O–H groups in total. The van der Waals surface area contributed by atoms with Crippen LogP contribution in [0.1, 0.15) is 19.4 Å². The Labute approximate surface area is 169 Å². The van der Waals surface area contributed by atoms with Crippen molar-refractivity contribution >= 4 is 15.7 Å². The molecule has 10 heteroatoms. The Bertz CT molecular complexity index is 905. The maximum Gasteiger partial charge on any atom is 0.270 e. The minimum absolute atomic E-state index is 0.0146. The van der Waals surface area contributed by atoms with Crippen molar-refractivity contribution in [3.8, 4) is 0 Å². The molecule has 0 heterocycles. The Morgan fingerprint density at radius 1 is 1.14 bits per heavy atom. The van der Waals surface area contributed by atoms with Crippen molar-refractivity contribution in [3.05, 3.63) is 70.3 Å². The van der Waals surface area contributed by atoms with E-state index in [-0.39, 0.29) is 23.3 Å². The zero-order chi connectivity index (χ0) is 21.4. The fourth-order valence-electron chi connectivity index (χ4n) is 2.53. The molecular formula is C19H25N3O6S. The van der Waals surface area contributed by atoms with Gasteiger partial charge in [-0.1, -0.05) is 36.4 Å². The largest absolute Gasteiger partial charge is 0.389 e. The van der Waals surface area contributed by atoms with Crippen molar-refractivity contribution in [2.45, 2.75) is 43.4 Å². The third-order valence-electron chi connectivity index (χ3n) is 4.08. The van der Waals surface area contributed by atoms with Gasteiger partial charge in [0.15, 0.2) is 0 Å². The molecule has 0 saturated carbocycles. The first-order valence-electron chi connectivity index (χ1n) is 9.04. The van der Waals surface area contributed by atoms with Gasteiger partial charge in [-0.3, -0.25) is 10.1 Å². The van der Waals surface area contributed by atoms with Gasteiger partial charge in [-0.25, -0.2) is 13.8 Å². The number of hydrogen-bond acceptors (Lipinski definition) is 7. The summed E-state index contributed by atoms with van der Waals surface area (Å²) in [6.07, 6.45) is -0.755. The summed E-state index contributed by atoms with van der Waals surface area (Å²) in [6, 6.07) is 13.3. The van der Waals surface area contributed by atoms with Crippen molar-refractivity contribution < 1.29 is 23.2 Å². The van der Waals surface area contributed by atoms with Gasteiger partial charge >= 0.3 is 0 Å². The number of rotatable bonds is 11. The van der Waals surface area contributed by atoms with E-state index in [1.54, 1.807) is 0 Å². The van der Waals surface area contributed by atoms with Gasteiger partial charge in [0.1, 0.15) is 0 Å². The summed E-state index contributed by atoms with van der Waals surface area (Å²) in [5, 5.41) is 21.4. The molecule has 0 unspecified atom stereocenters. The van der Waals surface area contributed by atoms with Crippen molar-refractivity contribution in [1.29, 1.82) is 0 Å². The van der Waals surface area contributed by atoms with E-state index in [0.29, 0.717) is 6.42 Å². The second-order valence-electron chi connectivity index (χ2n) is 6.75. The molecule has 0 bridgehead atoms. The standard InChI is InChI=1S/C19H25N3O6S/c1-14(2)28-13-19(23)18(11-15-7-4-3-5-8-15)20-21-29(26,27)17-10-6-9-16(12-17)22(24)25/h3-10,12,14,18-21,23H,11,13H2,1-2H3/t18-,19-/m0/s1. The third kappa shape index (κ3) is 7.18. The lowest BCUT2D eigenvalue weighted by Crippen LogP contribution is -2.52. The first-order chi connectivity index (χ1) is 13.7. The molecule has 0 fully saturated rings. The van der Waals surface area contributed by atoms with Crippen LogP contribution in [0.4, 0.5) is 5.69 Å². The zero-order valence-corrected chi connectivity index (χ0v) is 17.0. The first kappa shape index (κ1) is 22.9. The highest BCUT2D eigenvalue weighted by Gasteiger charge is 2.24. The molecule has 2 aromatic carbocycles. The molecule has 0 spiro atoms. The van der Waals surface area contributed by atoms with Crippen molar-refractivity contribution in [2.75, 3.05) is 6.61 Å². The number of non-ortho nitro benzene ring substituents is 1. The second-order valence-corrected chi connectivity index (χ2v) is 8.43. The summed E-state index contributed by atoms with van der Waals surface area (Å²) in [4.78, 5) is 12.2. The Hall–Kier alpha value is -2.37. The number of sulfonamides is 1. The lowest BCUT2D eigenvalue weighted by molar-refractivity contribution is -0.385. The maximum atomic E-state index is 12.5. The van der Waals surface area contributed by atoms with Crippen LogP contribution in [-0.2, 0) is 21.2 Å². The van der Waals surface area contributed by atoms with Gasteiger partial charge in [0.05, 0.1) is 34.7 Å². The predicted octanol–water partition coefficient (Wildman–Crippen LogP) is 1.77. The van der Waals surface area contributed by atoms with Gasteiger partial charge in [0.2, 0.25) is 0 Å². The van der Waals surface area contributed by atoms with E-state index in [2.05, 4.69) is 10.3 Å². The van der Waals surface area contributed by atoms with Crippen molar-refractivity contribution in [2.24, 2.45) is 0 Å². The summed E-state index contributed by atoms with van der Waals surface area (Å²) in [5.41, 5.74) is 3.20. The highest BCUT2D eigenvalue weighted by atomic mass is 32.2. The molecule has 2 atom stereocenters. The molecule has 2 rings (SSSR count).